The summed E-state index contributed by atoms with van der Waals surface area (Å²) < 4.78 is 0. The third-order valence-corrected chi connectivity index (χ3v) is 17.5. The van der Waals surface area contributed by atoms with Crippen LogP contribution in [0.15, 0.2) is 110 Å². The highest BCUT2D eigenvalue weighted by Gasteiger charge is 2.39. The number of aromatic amines is 2. The molecule has 12 atom stereocenters. The molecule has 2 aromatic heterocycles. The highest BCUT2D eigenvalue weighted by molar-refractivity contribution is 6.00. The topological polar surface area (TPSA) is 567 Å². The molecule has 0 saturated carbocycles. The quantitative estimate of drug-likeness (QED) is 0.0202. The Hall–Kier alpha value is -11.6. The largest absolute Gasteiger partial charge is 0.508 e. The summed E-state index contributed by atoms with van der Waals surface area (Å²) in [4.78, 5) is 208. The van der Waals surface area contributed by atoms with Crippen LogP contribution in [0.2, 0.25) is 0 Å². The van der Waals surface area contributed by atoms with Crippen LogP contribution in [0.3, 0.4) is 0 Å². The number of hydrogen-bond acceptors (Lipinski definition) is 19. The summed E-state index contributed by atoms with van der Waals surface area (Å²) in [7, 11) is 0. The van der Waals surface area contributed by atoms with E-state index in [0.29, 0.717) is 28.8 Å². The third kappa shape index (κ3) is 30.6. The predicted molar refractivity (Wildman–Crippen MR) is 397 cm³/mol. The van der Waals surface area contributed by atoms with Crippen LogP contribution < -0.4 is 75.7 Å². The lowest BCUT2D eigenvalue weighted by Gasteiger charge is -2.30. The Morgan fingerprint density at radius 1 is 0.413 bits per heavy atom. The summed E-state index contributed by atoms with van der Waals surface area (Å²) in [5.74, 6) is -15.1. The molecule has 0 bridgehead atoms. The smallest absolute Gasteiger partial charge is 0.325 e. The molecular weight excluding hydrogens is 1410 g/mol. The molecule has 3 aromatic carbocycles. The number of benzene rings is 3. The number of aromatic hydroxyl groups is 1. The van der Waals surface area contributed by atoms with Gasteiger partial charge < -0.3 is 101 Å². The van der Waals surface area contributed by atoms with Gasteiger partial charge in [-0.1, -0.05) is 114 Å². The molecule has 0 saturated heterocycles. The normalized spacial score (nSPS) is 14.5. The van der Waals surface area contributed by atoms with Crippen molar-refractivity contribution in [3.05, 3.63) is 138 Å². The fourth-order valence-electron chi connectivity index (χ4n) is 11.4. The van der Waals surface area contributed by atoms with Gasteiger partial charge in [-0.25, -0.2) is 9.97 Å². The molecule has 0 radical (unpaired) electrons. The summed E-state index contributed by atoms with van der Waals surface area (Å²) in [5.41, 5.74) is 20.0. The molecule has 35 heteroatoms. The van der Waals surface area contributed by atoms with Crippen LogP contribution in [-0.2, 0) is 99.2 Å². The SMILES string of the molecule is CC(C)C[C@@H](NC(=O)[C@@H](CCCCN)NC(=O)[C@@H](CCC(N)=O)NC(=O)[C@@H](Cc1cnc[nH]1)NC(=O)[C@@H](Cc1cnc[nH]1)NC(=O)[C@H](NC(=O)[C@@H](CCC(=O)O)NC(=O)[C@H](N)Cc1ccc(O)cc1)C(C)C)C(=O)N[C@@H](C(=O)N[C@H](Cc1ccccc1)C(=O)N[C@H](Cc1ccccc1)C(=O)N[C@H](C)C(=O)O)C(C)C. The van der Waals surface area contributed by atoms with Gasteiger partial charge in [0.05, 0.1) is 18.7 Å². The van der Waals surface area contributed by atoms with Crippen molar-refractivity contribution in [2.75, 3.05) is 6.54 Å². The first-order chi connectivity index (χ1) is 51.7. The Kier molecular flexibility index (Phi) is 35.9. The van der Waals surface area contributed by atoms with Crippen LogP contribution in [0, 0.1) is 17.8 Å². The van der Waals surface area contributed by atoms with E-state index >= 15 is 0 Å². The van der Waals surface area contributed by atoms with E-state index in [0.717, 1.165) is 0 Å². The van der Waals surface area contributed by atoms with Crippen molar-refractivity contribution >= 4 is 82.8 Å². The Morgan fingerprint density at radius 3 is 1.18 bits per heavy atom. The van der Waals surface area contributed by atoms with Crippen LogP contribution in [0.4, 0.5) is 0 Å². The predicted octanol–water partition coefficient (Wildman–Crippen LogP) is -1.27. The molecule has 0 unspecified atom stereocenters. The van der Waals surface area contributed by atoms with E-state index in [1.54, 1.807) is 102 Å². The molecule has 0 aliphatic rings. The van der Waals surface area contributed by atoms with Gasteiger partial charge in [0.2, 0.25) is 70.9 Å². The van der Waals surface area contributed by atoms with Gasteiger partial charge in [-0.2, -0.15) is 0 Å². The summed E-state index contributed by atoms with van der Waals surface area (Å²) in [6.07, 6.45) is 3.02. The van der Waals surface area contributed by atoms with E-state index in [4.69, 9.17) is 17.2 Å². The molecule has 35 nitrogen and oxygen atoms in total. The number of nitrogens with zero attached hydrogens (tertiary/aromatic N) is 2. The van der Waals surface area contributed by atoms with E-state index in [9.17, 15) is 82.4 Å². The van der Waals surface area contributed by atoms with Gasteiger partial charge in [-0.15, -0.1) is 0 Å². The Balaban J connectivity index is 1.38. The second-order valence-corrected chi connectivity index (χ2v) is 27.8. The monoisotopic (exact) mass is 1520 g/mol. The number of nitrogens with one attached hydrogen (secondary N) is 13. The average molecular weight is 1520 g/mol. The van der Waals surface area contributed by atoms with Gasteiger partial charge in [0.1, 0.15) is 72.2 Å². The number of hydrogen-bond donors (Lipinski definition) is 19. The minimum absolute atomic E-state index is 0.0153. The number of carbonyl (C=O) groups is 14. The van der Waals surface area contributed by atoms with E-state index in [1.165, 1.54) is 56.2 Å². The summed E-state index contributed by atoms with van der Waals surface area (Å²) >= 11 is 0. The van der Waals surface area contributed by atoms with Gasteiger partial charge in [0.25, 0.3) is 0 Å². The Bertz CT molecular complexity index is 3830. The Labute approximate surface area is 630 Å². The Morgan fingerprint density at radius 2 is 0.780 bits per heavy atom. The second-order valence-electron chi connectivity index (χ2n) is 27.8. The zero-order valence-electron chi connectivity index (χ0n) is 62.1. The van der Waals surface area contributed by atoms with Crippen molar-refractivity contribution in [1.29, 1.82) is 0 Å². The number of nitrogens with two attached hydrogens (primary N) is 3. The van der Waals surface area contributed by atoms with Crippen LogP contribution in [0.25, 0.3) is 0 Å². The van der Waals surface area contributed by atoms with Crippen molar-refractivity contribution in [3.63, 3.8) is 0 Å². The van der Waals surface area contributed by atoms with E-state index in [2.05, 4.69) is 78.4 Å². The van der Waals surface area contributed by atoms with Gasteiger partial charge >= 0.3 is 11.9 Å². The maximum absolute atomic E-state index is 14.8. The van der Waals surface area contributed by atoms with Crippen molar-refractivity contribution < 1.29 is 82.4 Å². The van der Waals surface area contributed by atoms with Crippen molar-refractivity contribution in [2.24, 2.45) is 35.0 Å². The molecule has 0 fully saturated rings. The fraction of sp³-hybridized carbons (Fsp3) is 0.486. The van der Waals surface area contributed by atoms with E-state index in [1.807, 2.05) is 0 Å². The van der Waals surface area contributed by atoms with Crippen LogP contribution >= 0.6 is 0 Å². The molecule has 0 aliphatic carbocycles. The van der Waals surface area contributed by atoms with Crippen LogP contribution in [0.1, 0.15) is 128 Å². The highest BCUT2D eigenvalue weighted by Crippen LogP contribution is 2.17. The van der Waals surface area contributed by atoms with Crippen LogP contribution in [0.5, 0.6) is 5.75 Å². The lowest BCUT2D eigenvalue weighted by Crippen LogP contribution is -2.62. The first-order valence-electron chi connectivity index (χ1n) is 36.0. The number of amides is 12. The summed E-state index contributed by atoms with van der Waals surface area (Å²) in [6.45, 7) is 11.4. The lowest BCUT2D eigenvalue weighted by molar-refractivity contribution is -0.142. The molecule has 5 aromatic rings. The van der Waals surface area contributed by atoms with Gasteiger partial charge in [0, 0.05) is 62.3 Å². The van der Waals surface area contributed by atoms with Gasteiger partial charge in [-0.3, -0.25) is 67.1 Å². The number of phenolic OH excluding ortho intramolecular Hbond substituents is 1. The molecule has 0 spiro atoms. The summed E-state index contributed by atoms with van der Waals surface area (Å²) in [5, 5.41) is 57.7. The van der Waals surface area contributed by atoms with E-state index in [-0.39, 0.29) is 75.3 Å². The zero-order chi connectivity index (χ0) is 80.4. The molecular formula is C74H104N18O17. The average Bonchev–Trinajstić information content (AvgIpc) is 1.64. The number of rotatable bonds is 47. The number of carboxylic acid groups (broad SMARTS) is 2. The van der Waals surface area contributed by atoms with E-state index < -0.39 is 193 Å². The van der Waals surface area contributed by atoms with Crippen LogP contribution in [-0.4, -0.2) is 197 Å². The first kappa shape index (κ1) is 88.0. The standard InChI is InChI=1S/C74H104N18O17/c1-40(2)30-54(71(105)92-62(42(5)6)72(106)89-56(33-45-18-12-9-13-19-45)68(102)87-55(32-44-16-10-8-11-17-44)67(101)82-43(7)74(108)109)86-64(98)51(20-14-15-29-75)84-65(99)52(25-27-59(77)94)85-69(103)57(34-47-36-78-38-80-47)88-70(104)58(35-48-37-79-39-81-48)90-73(107)61(41(3)4)91-66(100)53(26-28-60(95)96)83-63(97)50(76)31-46-21-23-49(93)24-22-46/h8-13,16-19,21-24,36-43,50-58,61-62,93H,14-15,20,25-35,75-76H2,1-7H3,(H2,77,94)(H,78,80)(H,79,81)(H,82,101)(H,83,97)(H,84,99)(H,85,103)(H,86,98)(H,87,102)(H,88,104)(H,89,106)(H,90,107)(H,91,100)(H,92,105)(H,95,96)(H,108,109)/t43-,50-,51-,52-,53-,54-,55-,56-,57-,58-,61-,62-/m1/s1. The highest BCUT2D eigenvalue weighted by atomic mass is 16.4. The number of carboxylic acids is 2. The van der Waals surface area contributed by atoms with Crippen molar-refractivity contribution in [3.8, 4) is 5.75 Å². The maximum Gasteiger partial charge on any atom is 0.325 e. The number of imidazole rings is 2. The molecule has 109 heavy (non-hydrogen) atoms. The van der Waals surface area contributed by atoms with Crippen molar-refractivity contribution in [1.82, 2.24) is 78.4 Å². The minimum Gasteiger partial charge on any atom is -0.508 e. The zero-order valence-corrected chi connectivity index (χ0v) is 62.1. The number of primary amides is 1. The van der Waals surface area contributed by atoms with Gasteiger partial charge in [0.15, 0.2) is 0 Å². The second kappa shape index (κ2) is 44.5. The number of phenols is 1. The summed E-state index contributed by atoms with van der Waals surface area (Å²) in [6, 6.07) is 5.83. The number of unbranched alkanes of at least 4 members (excludes halogenated alkanes) is 1. The van der Waals surface area contributed by atoms with Gasteiger partial charge in [-0.05, 0) is 105 Å². The molecule has 0 aliphatic heterocycles. The third-order valence-electron chi connectivity index (χ3n) is 17.5. The molecule has 12 amide bonds. The fourth-order valence-corrected chi connectivity index (χ4v) is 11.4. The number of aromatic nitrogens is 4. The minimum atomic E-state index is -1.67. The number of aliphatic carboxylic acids is 2. The number of H-pyrrole nitrogens is 2. The molecule has 2 heterocycles. The lowest BCUT2D eigenvalue weighted by atomic mass is 9.98. The maximum atomic E-state index is 14.8. The van der Waals surface area contributed by atoms with Crippen molar-refractivity contribution in [2.45, 2.75) is 204 Å². The molecule has 592 valence electrons. The molecule has 5 rings (SSSR count). The number of carbonyl (C=O) groups excluding carboxylic acids is 12. The molecule has 22 N–H and O–H groups in total. The first-order valence-corrected chi connectivity index (χ1v) is 36.0.